The Kier molecular flexibility index (Phi) is 5.13. The van der Waals surface area contributed by atoms with Gasteiger partial charge < -0.3 is 0 Å². The Balaban J connectivity index is 2.51. The molecule has 0 aliphatic heterocycles. The van der Waals surface area contributed by atoms with E-state index < -0.39 is 10.5 Å². The summed E-state index contributed by atoms with van der Waals surface area (Å²) in [6.07, 6.45) is 1.29. The molecule has 24 heavy (non-hydrogen) atoms. The second kappa shape index (κ2) is 6.91. The van der Waals surface area contributed by atoms with Crippen molar-refractivity contribution in [3.8, 4) is 0 Å². The largest absolute Gasteiger partial charge is 0.296 e. The smallest absolute Gasteiger partial charge is 0.265 e. The number of thioether (sulfide) groups is 1. The molecule has 8 nitrogen and oxygen atoms in total. The van der Waals surface area contributed by atoms with Crippen molar-refractivity contribution in [3.05, 3.63) is 56.0 Å². The van der Waals surface area contributed by atoms with Crippen LogP contribution < -0.4 is 5.56 Å². The van der Waals surface area contributed by atoms with Crippen LogP contribution in [0.2, 0.25) is 0 Å². The molecule has 2 rings (SSSR count). The molecule has 0 N–H and O–H groups in total. The average Bonchev–Trinajstić information content (AvgIpc) is 2.49. The van der Waals surface area contributed by atoms with Gasteiger partial charge in [0.1, 0.15) is 5.69 Å². The Labute approximate surface area is 142 Å². The zero-order valence-electron chi connectivity index (χ0n) is 13.8. The van der Waals surface area contributed by atoms with E-state index in [2.05, 4.69) is 15.3 Å². The standard InChI is InChI=1S/C15H17N5O3S/c1-10-13(21)19(14(18-17-10)24-15(2,3)4)16-9-11-7-5-6-8-12(11)20(22)23/h5-9H,1-4H3/b16-9+. The summed E-state index contributed by atoms with van der Waals surface area (Å²) in [5.41, 5.74) is 0.00758. The van der Waals surface area contributed by atoms with Crippen LogP contribution in [0.25, 0.3) is 0 Å². The van der Waals surface area contributed by atoms with Crippen molar-refractivity contribution in [2.75, 3.05) is 0 Å². The first-order valence-corrected chi connectivity index (χ1v) is 7.94. The second-order valence-corrected chi connectivity index (χ2v) is 7.75. The topological polar surface area (TPSA) is 103 Å². The lowest BCUT2D eigenvalue weighted by Gasteiger charge is -2.17. The van der Waals surface area contributed by atoms with E-state index in [1.807, 2.05) is 20.8 Å². The summed E-state index contributed by atoms with van der Waals surface area (Å²) in [4.78, 5) is 22.9. The maximum absolute atomic E-state index is 12.3. The van der Waals surface area contributed by atoms with Gasteiger partial charge in [0.05, 0.1) is 16.7 Å². The number of aromatic nitrogens is 3. The molecule has 1 aromatic heterocycles. The van der Waals surface area contributed by atoms with E-state index in [9.17, 15) is 14.9 Å². The van der Waals surface area contributed by atoms with Crippen molar-refractivity contribution in [1.29, 1.82) is 0 Å². The van der Waals surface area contributed by atoms with Crippen LogP contribution in [0.15, 0.2) is 39.3 Å². The highest BCUT2D eigenvalue weighted by Gasteiger charge is 2.18. The molecule has 1 aromatic carbocycles. The zero-order chi connectivity index (χ0) is 17.9. The molecule has 0 spiro atoms. The zero-order valence-corrected chi connectivity index (χ0v) is 14.6. The Morgan fingerprint density at radius 2 is 1.96 bits per heavy atom. The number of nitro groups is 1. The minimum atomic E-state index is -0.495. The van der Waals surface area contributed by atoms with E-state index in [1.165, 1.54) is 31.0 Å². The minimum Gasteiger partial charge on any atom is -0.265 e. The summed E-state index contributed by atoms with van der Waals surface area (Å²) < 4.78 is 0.918. The summed E-state index contributed by atoms with van der Waals surface area (Å²) in [6, 6.07) is 6.17. The third-order valence-corrected chi connectivity index (χ3v) is 3.86. The number of hydrogen-bond acceptors (Lipinski definition) is 7. The normalized spacial score (nSPS) is 11.8. The van der Waals surface area contributed by atoms with E-state index >= 15 is 0 Å². The summed E-state index contributed by atoms with van der Waals surface area (Å²) in [7, 11) is 0. The Hall–Kier alpha value is -2.55. The van der Waals surface area contributed by atoms with Crippen molar-refractivity contribution in [1.82, 2.24) is 14.9 Å². The molecule has 0 aliphatic rings. The van der Waals surface area contributed by atoms with Crippen LogP contribution >= 0.6 is 11.8 Å². The molecule has 0 atom stereocenters. The molecular formula is C15H17N5O3S. The van der Waals surface area contributed by atoms with E-state index in [0.717, 1.165) is 4.68 Å². The number of rotatable bonds is 4. The predicted molar refractivity (Wildman–Crippen MR) is 92.7 cm³/mol. The van der Waals surface area contributed by atoms with Gasteiger partial charge in [-0.2, -0.15) is 9.78 Å². The van der Waals surface area contributed by atoms with E-state index in [0.29, 0.717) is 10.7 Å². The lowest BCUT2D eigenvalue weighted by molar-refractivity contribution is -0.385. The first-order chi connectivity index (χ1) is 11.2. The molecule has 0 fully saturated rings. The van der Waals surface area contributed by atoms with Crippen LogP contribution in [0.5, 0.6) is 0 Å². The fraction of sp³-hybridized carbons (Fsp3) is 0.333. The van der Waals surface area contributed by atoms with Crippen molar-refractivity contribution >= 4 is 23.7 Å². The van der Waals surface area contributed by atoms with E-state index in [1.54, 1.807) is 18.2 Å². The number of benzene rings is 1. The van der Waals surface area contributed by atoms with Gasteiger partial charge in [0.2, 0.25) is 5.16 Å². The number of nitrogens with zero attached hydrogens (tertiary/aromatic N) is 5. The van der Waals surface area contributed by atoms with Crippen LogP contribution in [-0.4, -0.2) is 30.8 Å². The molecule has 0 unspecified atom stereocenters. The highest BCUT2D eigenvalue weighted by molar-refractivity contribution is 8.00. The fourth-order valence-corrected chi connectivity index (χ4v) is 2.61. The summed E-state index contributed by atoms with van der Waals surface area (Å²) >= 11 is 1.34. The molecule has 0 aliphatic carbocycles. The van der Waals surface area contributed by atoms with Crippen LogP contribution in [0.1, 0.15) is 32.0 Å². The Morgan fingerprint density at radius 1 is 1.29 bits per heavy atom. The first-order valence-electron chi connectivity index (χ1n) is 7.12. The monoisotopic (exact) mass is 347 g/mol. The Bertz CT molecular complexity index is 855. The van der Waals surface area contributed by atoms with Gasteiger partial charge in [0.15, 0.2) is 0 Å². The van der Waals surface area contributed by atoms with E-state index in [-0.39, 0.29) is 16.1 Å². The van der Waals surface area contributed by atoms with Crippen molar-refractivity contribution in [2.45, 2.75) is 37.6 Å². The third-order valence-electron chi connectivity index (χ3n) is 2.81. The van der Waals surface area contributed by atoms with Gasteiger partial charge in [0.25, 0.3) is 11.2 Å². The highest BCUT2D eigenvalue weighted by Crippen LogP contribution is 2.29. The van der Waals surface area contributed by atoms with Gasteiger partial charge in [-0.05, 0) is 13.0 Å². The van der Waals surface area contributed by atoms with Gasteiger partial charge in [-0.1, -0.05) is 44.7 Å². The van der Waals surface area contributed by atoms with Gasteiger partial charge in [0, 0.05) is 10.8 Å². The summed E-state index contributed by atoms with van der Waals surface area (Å²) in [6.45, 7) is 7.46. The SMILES string of the molecule is Cc1nnc(SC(C)(C)C)n(/N=C/c2ccccc2[N+](=O)[O-])c1=O. The van der Waals surface area contributed by atoms with Crippen LogP contribution in [-0.2, 0) is 0 Å². The lowest BCUT2D eigenvalue weighted by atomic mass is 10.2. The van der Waals surface area contributed by atoms with Crippen molar-refractivity contribution < 1.29 is 4.92 Å². The molecule has 9 heteroatoms. The van der Waals surface area contributed by atoms with Crippen molar-refractivity contribution in [2.24, 2.45) is 5.10 Å². The van der Waals surface area contributed by atoms with Crippen LogP contribution in [0.4, 0.5) is 5.69 Å². The summed E-state index contributed by atoms with van der Waals surface area (Å²) in [5, 5.41) is 23.4. The summed E-state index contributed by atoms with van der Waals surface area (Å²) in [5.74, 6) is 0. The molecule has 0 bridgehead atoms. The lowest BCUT2D eigenvalue weighted by Crippen LogP contribution is -2.25. The molecule has 0 radical (unpaired) electrons. The van der Waals surface area contributed by atoms with E-state index in [4.69, 9.17) is 0 Å². The number of aryl methyl sites for hydroxylation is 1. The third kappa shape index (κ3) is 4.25. The van der Waals surface area contributed by atoms with Crippen LogP contribution in [0.3, 0.4) is 0 Å². The molecule has 2 aromatic rings. The van der Waals surface area contributed by atoms with Gasteiger partial charge in [-0.15, -0.1) is 10.2 Å². The van der Waals surface area contributed by atoms with Crippen LogP contribution in [0, 0.1) is 17.0 Å². The number of nitro benzene ring substituents is 1. The predicted octanol–water partition coefficient (Wildman–Crippen LogP) is 2.63. The number of hydrogen-bond donors (Lipinski definition) is 0. The Morgan fingerprint density at radius 3 is 2.58 bits per heavy atom. The number of para-hydroxylation sites is 1. The minimum absolute atomic E-state index is 0.0851. The van der Waals surface area contributed by atoms with Crippen molar-refractivity contribution in [3.63, 3.8) is 0 Å². The second-order valence-electron chi connectivity index (χ2n) is 5.96. The average molecular weight is 347 g/mol. The molecule has 1 heterocycles. The molecule has 0 amide bonds. The van der Waals surface area contributed by atoms with Gasteiger partial charge >= 0.3 is 0 Å². The first kappa shape index (κ1) is 17.8. The van der Waals surface area contributed by atoms with Gasteiger partial charge in [-0.3, -0.25) is 14.9 Å². The molecule has 0 saturated heterocycles. The molecular weight excluding hydrogens is 330 g/mol. The quantitative estimate of drug-likeness (QED) is 0.364. The molecule has 126 valence electrons. The van der Waals surface area contributed by atoms with Gasteiger partial charge in [-0.25, -0.2) is 0 Å². The fourth-order valence-electron chi connectivity index (χ4n) is 1.77. The maximum Gasteiger partial charge on any atom is 0.296 e. The maximum atomic E-state index is 12.3. The molecule has 0 saturated carbocycles. The highest BCUT2D eigenvalue weighted by atomic mass is 32.2.